The van der Waals surface area contributed by atoms with E-state index in [-0.39, 0.29) is 44.0 Å². The molecule has 109 valence electrons. The van der Waals surface area contributed by atoms with Crippen LogP contribution in [0.5, 0.6) is 0 Å². The summed E-state index contributed by atoms with van der Waals surface area (Å²) in [6, 6.07) is 6.76. The quantitative estimate of drug-likeness (QED) is 0.835. The number of nitrogens with one attached hydrogen (secondary N) is 1. The zero-order chi connectivity index (χ0) is 14.9. The molecule has 1 aromatic carbocycles. The topological polar surface area (TPSA) is 68.0 Å². The minimum absolute atomic E-state index is 0. The molecule has 0 saturated heterocycles. The number of benzene rings is 1. The Labute approximate surface area is 149 Å². The second-order valence-corrected chi connectivity index (χ2v) is 5.85. The third-order valence-electron chi connectivity index (χ3n) is 2.96. The van der Waals surface area contributed by atoms with E-state index in [1.54, 1.807) is 6.07 Å². The van der Waals surface area contributed by atoms with Crippen LogP contribution in [0.4, 0.5) is 5.82 Å². The van der Waals surface area contributed by atoms with Crippen molar-refractivity contribution in [1.82, 2.24) is 10.3 Å². The number of rotatable bonds is 2. The molecule has 0 bridgehead atoms. The van der Waals surface area contributed by atoms with Gasteiger partial charge >= 0.3 is 0 Å². The van der Waals surface area contributed by atoms with Gasteiger partial charge in [0.25, 0.3) is 0 Å². The van der Waals surface area contributed by atoms with Crippen molar-refractivity contribution in [3.05, 3.63) is 40.6 Å². The van der Waals surface area contributed by atoms with Gasteiger partial charge in [0.1, 0.15) is 5.69 Å². The monoisotopic (exact) mass is 361 g/mol. The number of amides is 1. The Morgan fingerprint density at radius 2 is 1.90 bits per heavy atom. The Bertz CT molecular complexity index is 645. The van der Waals surface area contributed by atoms with Crippen molar-refractivity contribution in [2.75, 3.05) is 5.32 Å². The fraction of sp³-hybridized carbons (Fsp3) is 0.400. The van der Waals surface area contributed by atoms with Gasteiger partial charge in [0.15, 0.2) is 0 Å². The molecule has 0 unspecified atom stereocenters. The van der Waals surface area contributed by atoms with Gasteiger partial charge in [0, 0.05) is 38.1 Å². The van der Waals surface area contributed by atoms with E-state index in [0.717, 1.165) is 11.1 Å². The summed E-state index contributed by atoms with van der Waals surface area (Å²) >= 11 is 0. The van der Waals surface area contributed by atoms with Gasteiger partial charge in [-0.15, -0.1) is 0 Å². The fourth-order valence-corrected chi connectivity index (χ4v) is 1.92. The third-order valence-corrected chi connectivity index (χ3v) is 2.96. The zero-order valence-electron chi connectivity index (χ0n) is 12.9. The number of hydrogen-bond donors (Lipinski definition) is 1. The maximum atomic E-state index is 12.3. The van der Waals surface area contributed by atoms with Crippen LogP contribution < -0.4 is 5.32 Å². The van der Waals surface area contributed by atoms with Crippen LogP contribution in [0.1, 0.15) is 48.0 Å². The zero-order valence-corrected chi connectivity index (χ0v) is 15.8. The molecule has 0 aliphatic heterocycles. The first-order valence-corrected chi connectivity index (χ1v) is 6.43. The van der Waals surface area contributed by atoms with Crippen molar-refractivity contribution in [3.63, 3.8) is 0 Å². The summed E-state index contributed by atoms with van der Waals surface area (Å²) in [7, 11) is 0. The van der Waals surface area contributed by atoms with Crippen LogP contribution in [0.15, 0.2) is 16.8 Å². The standard InChI is InChI=1S/C15H18N3O2.Y/c1-9-6-7-11(10(2)8-9)14(19)16-13-12(15(3,4)5)17-20-18-13;/h6-7H,1-5H3,(H,16,18,19);/q-1;. The van der Waals surface area contributed by atoms with Gasteiger partial charge in [-0.3, -0.25) is 4.79 Å². The van der Waals surface area contributed by atoms with E-state index >= 15 is 0 Å². The van der Waals surface area contributed by atoms with E-state index in [9.17, 15) is 4.79 Å². The smallest absolute Gasteiger partial charge is 0.201 e. The molecule has 21 heavy (non-hydrogen) atoms. The van der Waals surface area contributed by atoms with Crippen molar-refractivity contribution in [1.29, 1.82) is 0 Å². The number of carbonyl (C=O) groups excluding carboxylic acids is 1. The van der Waals surface area contributed by atoms with Gasteiger partial charge in [-0.05, 0) is 5.16 Å². The third kappa shape index (κ3) is 4.20. The number of carbonyl (C=O) groups is 1. The van der Waals surface area contributed by atoms with Crippen LogP contribution in [-0.2, 0) is 38.1 Å². The van der Waals surface area contributed by atoms with Crippen molar-refractivity contribution in [2.45, 2.75) is 40.0 Å². The van der Waals surface area contributed by atoms with Gasteiger partial charge in [-0.1, -0.05) is 45.3 Å². The molecule has 5 nitrogen and oxygen atoms in total. The molecule has 0 saturated carbocycles. The Kier molecular flexibility index (Phi) is 5.82. The minimum atomic E-state index is -0.253. The molecule has 0 atom stereocenters. The fourth-order valence-electron chi connectivity index (χ4n) is 1.92. The molecule has 1 heterocycles. The molecule has 2 aromatic rings. The van der Waals surface area contributed by atoms with Crippen LogP contribution in [0.3, 0.4) is 0 Å². The SMILES string of the molecule is Cc1[c-]c(C)c(C(=O)Nc2nonc2C(C)(C)C)cc1.[Y]. The second-order valence-electron chi connectivity index (χ2n) is 5.85. The maximum Gasteiger partial charge on any atom is 0.201 e. The predicted molar refractivity (Wildman–Crippen MR) is 75.7 cm³/mol. The van der Waals surface area contributed by atoms with Gasteiger partial charge in [0.05, 0.1) is 0 Å². The molecule has 1 radical (unpaired) electrons. The number of aryl methyl sites for hydroxylation is 2. The number of anilines is 1. The molecule has 0 aliphatic carbocycles. The summed E-state index contributed by atoms with van der Waals surface area (Å²) < 4.78 is 4.74. The maximum absolute atomic E-state index is 12.3. The molecule has 2 rings (SSSR count). The number of hydrogen-bond acceptors (Lipinski definition) is 4. The molecule has 0 fully saturated rings. The van der Waals surface area contributed by atoms with Crippen LogP contribution in [0, 0.1) is 19.9 Å². The summed E-state index contributed by atoms with van der Waals surface area (Å²) in [5.74, 6) is 0.127. The largest absolute Gasteiger partial charge is 0.313 e. The molecule has 1 amide bonds. The molecule has 0 spiro atoms. The van der Waals surface area contributed by atoms with Crippen LogP contribution in [0.2, 0.25) is 0 Å². The van der Waals surface area contributed by atoms with Crippen LogP contribution in [-0.4, -0.2) is 16.2 Å². The Hall–Kier alpha value is -1.07. The van der Waals surface area contributed by atoms with Gasteiger partial charge in [-0.2, -0.15) is 29.3 Å². The predicted octanol–water partition coefficient (Wildman–Crippen LogP) is 3.03. The molecule has 1 N–H and O–H groups in total. The van der Waals surface area contributed by atoms with E-state index in [1.807, 2.05) is 40.7 Å². The van der Waals surface area contributed by atoms with Crippen LogP contribution >= 0.6 is 0 Å². The van der Waals surface area contributed by atoms with Gasteiger partial charge in [0.2, 0.25) is 11.7 Å². The van der Waals surface area contributed by atoms with E-state index in [2.05, 4.69) is 21.7 Å². The summed E-state index contributed by atoms with van der Waals surface area (Å²) in [5.41, 5.74) is 2.74. The van der Waals surface area contributed by atoms with E-state index < -0.39 is 0 Å². The van der Waals surface area contributed by atoms with Gasteiger partial charge < -0.3 is 5.32 Å². The number of aromatic nitrogens is 2. The van der Waals surface area contributed by atoms with Crippen molar-refractivity contribution >= 4 is 11.7 Å². The Morgan fingerprint density at radius 1 is 1.24 bits per heavy atom. The molecular formula is C15H18N3O2Y-. The second kappa shape index (κ2) is 6.80. The van der Waals surface area contributed by atoms with Crippen molar-refractivity contribution < 1.29 is 42.1 Å². The van der Waals surface area contributed by atoms with E-state index in [4.69, 9.17) is 4.63 Å². The normalized spacial score (nSPS) is 10.9. The first-order chi connectivity index (χ1) is 9.29. The Balaban J connectivity index is 0.00000220. The summed E-state index contributed by atoms with van der Waals surface area (Å²) in [6.45, 7) is 9.73. The number of nitrogens with zero attached hydrogens (tertiary/aromatic N) is 2. The summed E-state index contributed by atoms with van der Waals surface area (Å²) in [4.78, 5) is 12.3. The average Bonchev–Trinajstić information content (AvgIpc) is 2.76. The van der Waals surface area contributed by atoms with Crippen molar-refractivity contribution in [3.8, 4) is 0 Å². The van der Waals surface area contributed by atoms with E-state index in [1.165, 1.54) is 0 Å². The first-order valence-electron chi connectivity index (χ1n) is 6.43. The first kappa shape index (κ1) is 18.0. The summed E-state index contributed by atoms with van der Waals surface area (Å²) in [6.07, 6.45) is 0. The van der Waals surface area contributed by atoms with Crippen molar-refractivity contribution in [2.24, 2.45) is 0 Å². The molecule has 1 aromatic heterocycles. The van der Waals surface area contributed by atoms with Gasteiger partial charge in [-0.25, -0.2) is 4.63 Å². The summed E-state index contributed by atoms with van der Waals surface area (Å²) in [5, 5.41) is 10.4. The molecule has 6 heteroatoms. The minimum Gasteiger partial charge on any atom is -0.313 e. The molecular weight excluding hydrogens is 343 g/mol. The molecule has 0 aliphatic rings. The van der Waals surface area contributed by atoms with E-state index in [0.29, 0.717) is 17.1 Å². The van der Waals surface area contributed by atoms with Crippen LogP contribution in [0.25, 0.3) is 0 Å². The Morgan fingerprint density at radius 3 is 2.48 bits per heavy atom. The average molecular weight is 361 g/mol.